The SMILES string of the molecule is [CH2]C[C@@H](NC(=O)OC(C)(C)C)C(=O)NCc1ccc(OC)c(OC)c1. The van der Waals surface area contributed by atoms with Crippen LogP contribution in [0.1, 0.15) is 32.8 Å². The lowest BCUT2D eigenvalue weighted by atomic mass is 10.1. The molecule has 0 saturated heterocycles. The minimum Gasteiger partial charge on any atom is -0.493 e. The summed E-state index contributed by atoms with van der Waals surface area (Å²) in [6.07, 6.45) is -0.445. The molecule has 0 unspecified atom stereocenters. The molecule has 0 fully saturated rings. The lowest BCUT2D eigenvalue weighted by Crippen LogP contribution is -2.47. The number of hydrogen-bond donors (Lipinski definition) is 2. The summed E-state index contributed by atoms with van der Waals surface area (Å²) in [6.45, 7) is 9.24. The van der Waals surface area contributed by atoms with Crippen LogP contribution in [0.5, 0.6) is 11.5 Å². The predicted molar refractivity (Wildman–Crippen MR) is 94.5 cm³/mol. The number of alkyl carbamates (subject to hydrolysis) is 1. The molecule has 1 atom stereocenters. The number of carbonyl (C=O) groups excluding carboxylic acids is 2. The van der Waals surface area contributed by atoms with Gasteiger partial charge in [-0.3, -0.25) is 4.79 Å². The van der Waals surface area contributed by atoms with E-state index in [0.29, 0.717) is 11.5 Å². The topological polar surface area (TPSA) is 85.9 Å². The molecule has 1 aromatic rings. The second kappa shape index (κ2) is 9.15. The maximum absolute atomic E-state index is 12.2. The number of nitrogens with one attached hydrogen (secondary N) is 2. The predicted octanol–water partition coefficient (Wildman–Crippen LogP) is 2.44. The third-order valence-electron chi connectivity index (χ3n) is 3.21. The molecule has 0 aliphatic heterocycles. The number of ether oxygens (including phenoxy) is 3. The van der Waals surface area contributed by atoms with Crippen LogP contribution in [0.25, 0.3) is 0 Å². The average molecular weight is 351 g/mol. The van der Waals surface area contributed by atoms with Crippen LogP contribution in [-0.4, -0.2) is 37.9 Å². The summed E-state index contributed by atoms with van der Waals surface area (Å²) in [7, 11) is 3.10. The zero-order valence-corrected chi connectivity index (χ0v) is 15.5. The Morgan fingerprint density at radius 1 is 1.16 bits per heavy atom. The van der Waals surface area contributed by atoms with Crippen molar-refractivity contribution in [2.45, 2.75) is 45.4 Å². The molecule has 0 aromatic heterocycles. The van der Waals surface area contributed by atoms with Crippen LogP contribution >= 0.6 is 0 Å². The van der Waals surface area contributed by atoms with Crippen molar-refractivity contribution in [2.24, 2.45) is 0 Å². The molecule has 0 heterocycles. The van der Waals surface area contributed by atoms with E-state index in [9.17, 15) is 9.59 Å². The van der Waals surface area contributed by atoms with Crippen LogP contribution in [0.3, 0.4) is 0 Å². The maximum Gasteiger partial charge on any atom is 0.408 e. The fraction of sp³-hybridized carbons (Fsp3) is 0.500. The Morgan fingerprint density at radius 3 is 2.32 bits per heavy atom. The third kappa shape index (κ3) is 6.91. The average Bonchev–Trinajstić information content (AvgIpc) is 2.55. The molecule has 2 amide bonds. The second-order valence-corrected chi connectivity index (χ2v) is 6.39. The van der Waals surface area contributed by atoms with Gasteiger partial charge in [0.25, 0.3) is 0 Å². The summed E-state index contributed by atoms with van der Waals surface area (Å²) in [5, 5.41) is 5.28. The highest BCUT2D eigenvalue weighted by molar-refractivity contribution is 5.85. The van der Waals surface area contributed by atoms with Gasteiger partial charge in [0, 0.05) is 6.54 Å². The monoisotopic (exact) mass is 351 g/mol. The molecule has 1 rings (SSSR count). The Morgan fingerprint density at radius 2 is 1.80 bits per heavy atom. The molecule has 1 radical (unpaired) electrons. The summed E-state index contributed by atoms with van der Waals surface area (Å²) < 4.78 is 15.6. The van der Waals surface area contributed by atoms with Crippen molar-refractivity contribution in [3.63, 3.8) is 0 Å². The van der Waals surface area contributed by atoms with Crippen molar-refractivity contribution in [1.82, 2.24) is 10.6 Å². The van der Waals surface area contributed by atoms with Gasteiger partial charge in [0.2, 0.25) is 5.91 Å². The number of amides is 2. The maximum atomic E-state index is 12.2. The van der Waals surface area contributed by atoms with E-state index in [0.717, 1.165) is 5.56 Å². The molecule has 0 aliphatic carbocycles. The summed E-state index contributed by atoms with van der Waals surface area (Å²) in [5.74, 6) is 0.852. The first kappa shape index (κ1) is 20.6. The fourth-order valence-corrected chi connectivity index (χ4v) is 2.02. The molecule has 25 heavy (non-hydrogen) atoms. The van der Waals surface area contributed by atoms with Gasteiger partial charge in [-0.25, -0.2) is 4.79 Å². The molecular formula is C18H27N2O5. The van der Waals surface area contributed by atoms with E-state index < -0.39 is 17.7 Å². The van der Waals surface area contributed by atoms with Crippen LogP contribution < -0.4 is 20.1 Å². The molecule has 0 spiro atoms. The molecule has 7 nitrogen and oxygen atoms in total. The van der Waals surface area contributed by atoms with Gasteiger partial charge < -0.3 is 24.8 Å². The first-order valence-corrected chi connectivity index (χ1v) is 7.97. The van der Waals surface area contributed by atoms with Crippen molar-refractivity contribution in [1.29, 1.82) is 0 Å². The van der Waals surface area contributed by atoms with Crippen LogP contribution in [0.2, 0.25) is 0 Å². The van der Waals surface area contributed by atoms with Crippen LogP contribution in [0, 0.1) is 6.92 Å². The van der Waals surface area contributed by atoms with Gasteiger partial charge in [-0.1, -0.05) is 13.0 Å². The lowest BCUT2D eigenvalue weighted by Gasteiger charge is -2.22. The Bertz CT molecular complexity index is 596. The summed E-state index contributed by atoms with van der Waals surface area (Å²) in [5.41, 5.74) is 0.206. The molecule has 0 bridgehead atoms. The molecule has 0 aliphatic rings. The van der Waals surface area contributed by atoms with Gasteiger partial charge in [0.15, 0.2) is 11.5 Å². The lowest BCUT2D eigenvalue weighted by molar-refractivity contribution is -0.123. The minimum atomic E-state index is -0.769. The Balaban J connectivity index is 2.63. The number of hydrogen-bond acceptors (Lipinski definition) is 5. The molecular weight excluding hydrogens is 324 g/mol. The number of rotatable bonds is 7. The fourth-order valence-electron chi connectivity index (χ4n) is 2.02. The first-order chi connectivity index (χ1) is 11.7. The van der Waals surface area contributed by atoms with Crippen molar-refractivity contribution in [2.75, 3.05) is 14.2 Å². The molecule has 0 saturated carbocycles. The number of carbonyl (C=O) groups is 2. The molecule has 139 valence electrons. The van der Waals surface area contributed by atoms with E-state index in [1.165, 1.54) is 0 Å². The van der Waals surface area contributed by atoms with Gasteiger partial charge in [0.1, 0.15) is 11.6 Å². The normalized spacial score (nSPS) is 12.1. The third-order valence-corrected chi connectivity index (χ3v) is 3.21. The number of benzene rings is 1. The first-order valence-electron chi connectivity index (χ1n) is 7.97. The van der Waals surface area contributed by atoms with E-state index in [4.69, 9.17) is 14.2 Å². The van der Waals surface area contributed by atoms with Crippen molar-refractivity contribution in [3.8, 4) is 11.5 Å². The van der Waals surface area contributed by atoms with Crippen molar-refractivity contribution >= 4 is 12.0 Å². The van der Waals surface area contributed by atoms with Crippen LogP contribution in [0.15, 0.2) is 18.2 Å². The Hall–Kier alpha value is -2.44. The summed E-state index contributed by atoms with van der Waals surface area (Å²) in [6, 6.07) is 4.59. The zero-order chi connectivity index (χ0) is 19.0. The van der Waals surface area contributed by atoms with Crippen molar-refractivity contribution < 1.29 is 23.8 Å². The van der Waals surface area contributed by atoms with Gasteiger partial charge in [-0.2, -0.15) is 0 Å². The van der Waals surface area contributed by atoms with Gasteiger partial charge in [0.05, 0.1) is 14.2 Å². The van der Waals surface area contributed by atoms with E-state index >= 15 is 0 Å². The van der Waals surface area contributed by atoms with E-state index in [-0.39, 0.29) is 18.9 Å². The second-order valence-electron chi connectivity index (χ2n) is 6.39. The molecule has 1 aromatic carbocycles. The highest BCUT2D eigenvalue weighted by Crippen LogP contribution is 2.27. The van der Waals surface area contributed by atoms with E-state index in [1.54, 1.807) is 47.1 Å². The smallest absolute Gasteiger partial charge is 0.408 e. The van der Waals surface area contributed by atoms with Crippen LogP contribution in [0.4, 0.5) is 4.79 Å². The standard InChI is InChI=1S/C18H27N2O5/c1-7-13(20-17(22)25-18(2,3)4)16(21)19-11-12-8-9-14(23-5)15(10-12)24-6/h8-10,13H,1,7,11H2,2-6H3,(H,19,21)(H,20,22)/t13-/m1/s1. The highest BCUT2D eigenvalue weighted by Gasteiger charge is 2.22. The zero-order valence-electron chi connectivity index (χ0n) is 15.5. The Kier molecular flexibility index (Phi) is 7.54. The van der Waals surface area contributed by atoms with E-state index in [1.807, 2.05) is 6.07 Å². The summed E-state index contributed by atoms with van der Waals surface area (Å²) in [4.78, 5) is 24.0. The molecule has 2 N–H and O–H groups in total. The van der Waals surface area contributed by atoms with Gasteiger partial charge in [-0.05, 0) is 44.9 Å². The Labute approximate surface area is 149 Å². The highest BCUT2D eigenvalue weighted by atomic mass is 16.6. The minimum absolute atomic E-state index is 0.205. The van der Waals surface area contributed by atoms with Crippen LogP contribution in [-0.2, 0) is 16.1 Å². The summed E-state index contributed by atoms with van der Waals surface area (Å²) >= 11 is 0. The largest absolute Gasteiger partial charge is 0.493 e. The van der Waals surface area contributed by atoms with Gasteiger partial charge >= 0.3 is 6.09 Å². The van der Waals surface area contributed by atoms with E-state index in [2.05, 4.69) is 17.6 Å². The van der Waals surface area contributed by atoms with Gasteiger partial charge in [-0.15, -0.1) is 0 Å². The number of methoxy groups -OCH3 is 2. The molecule has 7 heteroatoms. The van der Waals surface area contributed by atoms with Crippen molar-refractivity contribution in [3.05, 3.63) is 30.7 Å². The quantitative estimate of drug-likeness (QED) is 0.788.